The van der Waals surface area contributed by atoms with Gasteiger partial charge >= 0.3 is 0 Å². The third-order valence-corrected chi connectivity index (χ3v) is 8.11. The van der Waals surface area contributed by atoms with E-state index >= 15 is 0 Å². The first-order chi connectivity index (χ1) is 14.7. The summed E-state index contributed by atoms with van der Waals surface area (Å²) < 4.78 is 4.95. The van der Waals surface area contributed by atoms with Crippen LogP contribution in [0, 0.1) is 5.92 Å². The highest BCUT2D eigenvalue weighted by atomic mass is 35.5. The smallest absolute Gasteiger partial charge is 0.226 e. The van der Waals surface area contributed by atoms with Gasteiger partial charge in [-0.25, -0.2) is 9.97 Å². The molecule has 1 amide bonds. The molecule has 4 heterocycles. The number of thiophene rings is 1. The minimum atomic E-state index is 0.0888. The van der Waals surface area contributed by atoms with Crippen LogP contribution in [0.4, 0.5) is 11.5 Å². The highest BCUT2D eigenvalue weighted by Crippen LogP contribution is 2.41. The van der Waals surface area contributed by atoms with Crippen LogP contribution in [0.3, 0.4) is 0 Å². The number of carbonyl (C=O) groups excluding carboxylic acids is 1. The molecule has 1 atom stereocenters. The van der Waals surface area contributed by atoms with Crippen molar-refractivity contribution >= 4 is 72.3 Å². The Balaban J connectivity index is 1.36. The van der Waals surface area contributed by atoms with Crippen LogP contribution in [0.2, 0.25) is 5.02 Å². The van der Waals surface area contributed by atoms with Crippen LogP contribution < -0.4 is 5.32 Å². The zero-order valence-electron chi connectivity index (χ0n) is 15.9. The molecule has 0 bridgehead atoms. The van der Waals surface area contributed by atoms with E-state index in [9.17, 15) is 4.79 Å². The Morgan fingerprint density at radius 2 is 2.17 bits per heavy atom. The first kappa shape index (κ1) is 18.4. The molecule has 1 aromatic carbocycles. The van der Waals surface area contributed by atoms with E-state index in [0.29, 0.717) is 10.9 Å². The molecule has 1 fully saturated rings. The lowest BCUT2D eigenvalue weighted by molar-refractivity contribution is -0.139. The van der Waals surface area contributed by atoms with Crippen molar-refractivity contribution in [2.24, 2.45) is 5.92 Å². The molecular formula is C20H17ClN6OS2. The van der Waals surface area contributed by atoms with Gasteiger partial charge in [-0.2, -0.15) is 0 Å². The summed E-state index contributed by atoms with van der Waals surface area (Å²) in [5.74, 6) is 1.15. The summed E-state index contributed by atoms with van der Waals surface area (Å²) in [5, 5.41) is 9.10. The number of likely N-dealkylation sites (tertiary alicyclic amines) is 1. The van der Waals surface area contributed by atoms with Crippen molar-refractivity contribution in [3.63, 3.8) is 0 Å². The van der Waals surface area contributed by atoms with Crippen LogP contribution in [0.25, 0.3) is 20.4 Å². The van der Waals surface area contributed by atoms with Gasteiger partial charge in [0.05, 0.1) is 20.8 Å². The molecule has 4 aromatic rings. The molecule has 0 radical (unpaired) electrons. The number of nitrogens with zero attached hydrogens (tertiary/aromatic N) is 5. The Hall–Kier alpha value is -2.36. The number of hydrogen-bond acceptors (Lipinski definition) is 8. The van der Waals surface area contributed by atoms with Crippen molar-refractivity contribution in [3.8, 4) is 0 Å². The van der Waals surface area contributed by atoms with Gasteiger partial charge in [0.25, 0.3) is 0 Å². The van der Waals surface area contributed by atoms with Crippen LogP contribution in [-0.2, 0) is 17.6 Å². The molecule has 1 N–H and O–H groups in total. The maximum atomic E-state index is 12.7. The standard InChI is InChI=1S/C20H17ClN6OS2/c21-12-7-14-16(30-26-25-14)8-13(12)24-18-17-11-3-2-10(20(28)27-4-1-5-27)6-15(11)29-19(17)23-9-22-18/h7-10H,1-6H2,(H,22,23,24)/t10-/m0/s1. The average Bonchev–Trinajstić information content (AvgIpc) is 3.30. The van der Waals surface area contributed by atoms with Gasteiger partial charge in [-0.15, -0.1) is 16.4 Å². The number of aromatic nitrogens is 4. The second-order valence-electron chi connectivity index (χ2n) is 7.72. The summed E-state index contributed by atoms with van der Waals surface area (Å²) in [6, 6.07) is 3.77. The quantitative estimate of drug-likeness (QED) is 0.491. The van der Waals surface area contributed by atoms with Crippen LogP contribution in [0.1, 0.15) is 23.3 Å². The normalized spacial score (nSPS) is 18.4. The summed E-state index contributed by atoms with van der Waals surface area (Å²) in [4.78, 5) is 25.9. The molecule has 1 aliphatic carbocycles. The van der Waals surface area contributed by atoms with Gasteiger partial charge in [-0.05, 0) is 54.9 Å². The number of fused-ring (bicyclic) bond motifs is 4. The molecule has 6 rings (SSSR count). The van der Waals surface area contributed by atoms with E-state index < -0.39 is 0 Å². The fourth-order valence-electron chi connectivity index (χ4n) is 4.24. The fraction of sp³-hybridized carbons (Fsp3) is 0.350. The van der Waals surface area contributed by atoms with Crippen molar-refractivity contribution < 1.29 is 4.79 Å². The lowest BCUT2D eigenvalue weighted by atomic mass is 9.86. The minimum absolute atomic E-state index is 0.0888. The Bertz CT molecular complexity index is 1300. The zero-order valence-corrected chi connectivity index (χ0v) is 18.3. The Labute approximate surface area is 185 Å². The van der Waals surface area contributed by atoms with Crippen LogP contribution in [0.15, 0.2) is 18.5 Å². The molecule has 2 aliphatic rings. The predicted molar refractivity (Wildman–Crippen MR) is 120 cm³/mol. The molecule has 0 spiro atoms. The van der Waals surface area contributed by atoms with Crippen LogP contribution in [-0.4, -0.2) is 43.5 Å². The second-order valence-corrected chi connectivity index (χ2v) is 10.00. The van der Waals surface area contributed by atoms with Crippen LogP contribution in [0.5, 0.6) is 0 Å². The number of carbonyl (C=O) groups is 1. The van der Waals surface area contributed by atoms with Gasteiger partial charge in [0, 0.05) is 23.9 Å². The first-order valence-corrected chi connectivity index (χ1v) is 11.9. The van der Waals surface area contributed by atoms with E-state index in [1.54, 1.807) is 17.7 Å². The molecule has 30 heavy (non-hydrogen) atoms. The number of rotatable bonds is 3. The number of aryl methyl sites for hydroxylation is 1. The Morgan fingerprint density at radius 3 is 3.00 bits per heavy atom. The first-order valence-electron chi connectivity index (χ1n) is 9.90. The number of nitrogens with one attached hydrogen (secondary N) is 1. The summed E-state index contributed by atoms with van der Waals surface area (Å²) in [7, 11) is 0. The van der Waals surface area contributed by atoms with E-state index in [1.165, 1.54) is 22.0 Å². The SMILES string of the molecule is O=C([C@H]1CCc2c(sc3ncnc(Nc4cc5snnc5cc4Cl)c23)C1)N1CCC1. The van der Waals surface area contributed by atoms with Gasteiger partial charge < -0.3 is 10.2 Å². The summed E-state index contributed by atoms with van der Waals surface area (Å²) >= 11 is 9.49. The van der Waals surface area contributed by atoms with Gasteiger partial charge in [-0.3, -0.25) is 4.79 Å². The molecule has 1 saturated heterocycles. The molecule has 0 saturated carbocycles. The van der Waals surface area contributed by atoms with Crippen molar-refractivity contribution in [1.29, 1.82) is 0 Å². The molecule has 0 unspecified atom stereocenters. The van der Waals surface area contributed by atoms with Crippen molar-refractivity contribution in [1.82, 2.24) is 24.5 Å². The largest absolute Gasteiger partial charge is 0.342 e. The lowest BCUT2D eigenvalue weighted by Gasteiger charge is -2.35. The summed E-state index contributed by atoms with van der Waals surface area (Å²) in [5.41, 5.74) is 2.83. The van der Waals surface area contributed by atoms with E-state index in [4.69, 9.17) is 11.6 Å². The third kappa shape index (κ3) is 2.95. The molecule has 10 heteroatoms. The summed E-state index contributed by atoms with van der Waals surface area (Å²) in [6.07, 6.45) is 5.25. The van der Waals surface area contributed by atoms with Gasteiger partial charge in [-0.1, -0.05) is 16.1 Å². The molecule has 152 valence electrons. The van der Waals surface area contributed by atoms with Crippen molar-refractivity contribution in [3.05, 3.63) is 33.9 Å². The number of halogens is 1. The number of hydrogen-bond donors (Lipinski definition) is 1. The second kappa shape index (κ2) is 7.11. The Kier molecular flexibility index (Phi) is 4.36. The van der Waals surface area contributed by atoms with E-state index in [-0.39, 0.29) is 5.92 Å². The van der Waals surface area contributed by atoms with E-state index in [0.717, 1.165) is 70.7 Å². The fourth-order valence-corrected chi connectivity index (χ4v) is 6.29. The maximum absolute atomic E-state index is 12.7. The highest BCUT2D eigenvalue weighted by molar-refractivity contribution is 7.19. The molecular weight excluding hydrogens is 440 g/mol. The lowest BCUT2D eigenvalue weighted by Crippen LogP contribution is -2.46. The molecule has 3 aromatic heterocycles. The van der Waals surface area contributed by atoms with Crippen molar-refractivity contribution in [2.75, 3.05) is 18.4 Å². The highest BCUT2D eigenvalue weighted by Gasteiger charge is 2.33. The zero-order chi connectivity index (χ0) is 20.2. The predicted octanol–water partition coefficient (Wildman–Crippen LogP) is 4.43. The van der Waals surface area contributed by atoms with Gasteiger partial charge in [0.2, 0.25) is 5.91 Å². The van der Waals surface area contributed by atoms with Crippen LogP contribution >= 0.6 is 34.5 Å². The monoisotopic (exact) mass is 456 g/mol. The average molecular weight is 457 g/mol. The third-order valence-electron chi connectivity index (χ3n) is 5.95. The topological polar surface area (TPSA) is 83.9 Å². The number of anilines is 2. The molecule has 7 nitrogen and oxygen atoms in total. The summed E-state index contributed by atoms with van der Waals surface area (Å²) in [6.45, 7) is 1.82. The molecule has 1 aliphatic heterocycles. The van der Waals surface area contributed by atoms with Gasteiger partial charge in [0.15, 0.2) is 0 Å². The van der Waals surface area contributed by atoms with Crippen molar-refractivity contribution in [2.45, 2.75) is 25.7 Å². The number of benzene rings is 1. The minimum Gasteiger partial charge on any atom is -0.342 e. The maximum Gasteiger partial charge on any atom is 0.226 e. The number of amides is 1. The Morgan fingerprint density at radius 1 is 1.27 bits per heavy atom. The van der Waals surface area contributed by atoms with E-state index in [1.807, 2.05) is 17.0 Å². The van der Waals surface area contributed by atoms with E-state index in [2.05, 4.69) is 24.9 Å². The van der Waals surface area contributed by atoms with Gasteiger partial charge in [0.1, 0.15) is 22.5 Å².